The molecule has 0 aliphatic carbocycles. The molecule has 1 rings (SSSR count). The summed E-state index contributed by atoms with van der Waals surface area (Å²) in [5.74, 6) is 0.941. The molecule has 2 unspecified atom stereocenters. The third kappa shape index (κ3) is 5.26. The molecule has 0 fully saturated rings. The molecule has 1 aromatic carbocycles. The van der Waals surface area contributed by atoms with Gasteiger partial charge in [0.1, 0.15) is 11.4 Å². The Morgan fingerprint density at radius 1 is 1.17 bits per heavy atom. The third-order valence-electron chi connectivity index (χ3n) is 4.22. The molecule has 23 heavy (non-hydrogen) atoms. The molecule has 0 aliphatic rings. The van der Waals surface area contributed by atoms with Crippen LogP contribution in [-0.2, 0) is 9.53 Å². The van der Waals surface area contributed by atoms with Gasteiger partial charge in [-0.15, -0.1) is 0 Å². The number of ether oxygens (including phenoxy) is 2. The van der Waals surface area contributed by atoms with Crippen molar-refractivity contribution in [2.75, 3.05) is 0 Å². The van der Waals surface area contributed by atoms with Crippen LogP contribution in [-0.4, -0.2) is 17.2 Å². The van der Waals surface area contributed by atoms with E-state index in [2.05, 4.69) is 26.0 Å². The van der Waals surface area contributed by atoms with Gasteiger partial charge in [-0.05, 0) is 70.6 Å². The van der Waals surface area contributed by atoms with Crippen molar-refractivity contribution < 1.29 is 14.3 Å². The Kier molecular flexibility index (Phi) is 6.26. The van der Waals surface area contributed by atoms with Crippen molar-refractivity contribution in [3.05, 3.63) is 29.3 Å². The minimum absolute atomic E-state index is 0.321. The lowest BCUT2D eigenvalue weighted by atomic mass is 9.96. The van der Waals surface area contributed by atoms with Gasteiger partial charge in [-0.2, -0.15) is 0 Å². The first-order valence-corrected chi connectivity index (χ1v) is 8.55. The van der Waals surface area contributed by atoms with Crippen molar-refractivity contribution in [2.24, 2.45) is 0 Å². The molecule has 1 aromatic rings. The van der Waals surface area contributed by atoms with Crippen molar-refractivity contribution in [1.82, 2.24) is 0 Å². The van der Waals surface area contributed by atoms with Crippen LogP contribution in [0.4, 0.5) is 0 Å². The topological polar surface area (TPSA) is 35.5 Å². The molecular formula is C20H32O3. The zero-order valence-corrected chi connectivity index (χ0v) is 15.9. The fourth-order valence-electron chi connectivity index (χ4n) is 2.22. The molecule has 0 aliphatic heterocycles. The van der Waals surface area contributed by atoms with Crippen molar-refractivity contribution >= 4 is 5.97 Å². The maximum absolute atomic E-state index is 12.5. The minimum atomic E-state index is -0.976. The van der Waals surface area contributed by atoms with E-state index in [4.69, 9.17) is 9.47 Å². The van der Waals surface area contributed by atoms with Gasteiger partial charge in [-0.25, -0.2) is 4.79 Å². The Morgan fingerprint density at radius 2 is 1.78 bits per heavy atom. The highest BCUT2D eigenvalue weighted by atomic mass is 16.6. The van der Waals surface area contributed by atoms with Crippen LogP contribution in [0.2, 0.25) is 0 Å². The summed E-state index contributed by atoms with van der Waals surface area (Å²) in [4.78, 5) is 12.5. The lowest BCUT2D eigenvalue weighted by Crippen LogP contribution is -2.45. The van der Waals surface area contributed by atoms with Crippen LogP contribution in [0.25, 0.3) is 0 Å². The summed E-state index contributed by atoms with van der Waals surface area (Å²) in [7, 11) is 0. The summed E-state index contributed by atoms with van der Waals surface area (Å²) in [6, 6.07) is 6.20. The average molecular weight is 320 g/mol. The summed E-state index contributed by atoms with van der Waals surface area (Å²) >= 11 is 0. The van der Waals surface area contributed by atoms with Crippen molar-refractivity contribution in [3.8, 4) is 5.75 Å². The van der Waals surface area contributed by atoms with Crippen molar-refractivity contribution in [1.29, 1.82) is 0 Å². The zero-order valence-electron chi connectivity index (χ0n) is 15.9. The van der Waals surface area contributed by atoms with Gasteiger partial charge < -0.3 is 9.47 Å². The largest absolute Gasteiger partial charge is 0.476 e. The molecule has 0 radical (unpaired) electrons. The van der Waals surface area contributed by atoms with Crippen molar-refractivity contribution in [2.45, 2.75) is 85.4 Å². The average Bonchev–Trinajstić information content (AvgIpc) is 2.46. The minimum Gasteiger partial charge on any atom is -0.476 e. The molecule has 3 heteroatoms. The van der Waals surface area contributed by atoms with Gasteiger partial charge >= 0.3 is 5.97 Å². The van der Waals surface area contributed by atoms with Crippen molar-refractivity contribution in [3.63, 3.8) is 0 Å². The molecule has 3 nitrogen and oxygen atoms in total. The lowest BCUT2D eigenvalue weighted by molar-refractivity contribution is -0.172. The lowest BCUT2D eigenvalue weighted by Gasteiger charge is -2.31. The van der Waals surface area contributed by atoms with Crippen LogP contribution in [0.3, 0.4) is 0 Å². The molecule has 0 N–H and O–H groups in total. The fourth-order valence-corrected chi connectivity index (χ4v) is 2.22. The molecule has 0 spiro atoms. The summed E-state index contributed by atoms with van der Waals surface area (Å²) in [5.41, 5.74) is 0.848. The smallest absolute Gasteiger partial charge is 0.350 e. The number of aryl methyl sites for hydroxylation is 1. The molecular weight excluding hydrogens is 288 g/mol. The number of hydrogen-bond donors (Lipinski definition) is 0. The van der Waals surface area contributed by atoms with Crippen LogP contribution in [0.15, 0.2) is 18.2 Å². The van der Waals surface area contributed by atoms with E-state index in [1.807, 2.05) is 40.7 Å². The molecule has 0 bridgehead atoms. The summed E-state index contributed by atoms with van der Waals surface area (Å²) in [6.45, 7) is 15.8. The summed E-state index contributed by atoms with van der Waals surface area (Å²) < 4.78 is 11.6. The van der Waals surface area contributed by atoms with Gasteiger partial charge in [0.05, 0.1) is 0 Å². The Labute approximate surface area is 141 Å². The van der Waals surface area contributed by atoms with E-state index in [1.54, 1.807) is 6.92 Å². The number of rotatable bonds is 6. The standard InChI is InChI=1S/C20H32O3/c1-9-14(3)16-11-12-17(15(4)13-16)22-20(8,10-2)18(21)23-19(5,6)7/h11-14H,9-10H2,1-8H3. The van der Waals surface area contributed by atoms with Crippen LogP contribution < -0.4 is 4.74 Å². The van der Waals surface area contributed by atoms with E-state index in [9.17, 15) is 4.79 Å². The van der Waals surface area contributed by atoms with Gasteiger partial charge in [-0.3, -0.25) is 0 Å². The first-order chi connectivity index (χ1) is 10.5. The molecule has 0 saturated heterocycles. The van der Waals surface area contributed by atoms with Crippen LogP contribution in [0.1, 0.15) is 78.4 Å². The van der Waals surface area contributed by atoms with Crippen LogP contribution in [0.5, 0.6) is 5.75 Å². The number of esters is 1. The van der Waals surface area contributed by atoms with E-state index >= 15 is 0 Å². The second kappa shape index (κ2) is 7.37. The fraction of sp³-hybridized carbons (Fsp3) is 0.650. The second-order valence-corrected chi connectivity index (χ2v) is 7.52. The maximum atomic E-state index is 12.5. The molecule has 0 amide bonds. The van der Waals surface area contributed by atoms with E-state index in [-0.39, 0.29) is 5.97 Å². The van der Waals surface area contributed by atoms with Gasteiger partial charge in [-0.1, -0.05) is 32.9 Å². The highest BCUT2D eigenvalue weighted by Gasteiger charge is 2.38. The first kappa shape index (κ1) is 19.5. The molecule has 0 aromatic heterocycles. The van der Waals surface area contributed by atoms with Gasteiger partial charge in [0, 0.05) is 0 Å². The van der Waals surface area contributed by atoms with E-state index in [0.717, 1.165) is 17.7 Å². The predicted molar refractivity (Wildman–Crippen MR) is 95.1 cm³/mol. The molecule has 0 saturated carbocycles. The number of hydrogen-bond acceptors (Lipinski definition) is 3. The Balaban J connectivity index is 3.01. The quantitative estimate of drug-likeness (QED) is 0.658. The summed E-state index contributed by atoms with van der Waals surface area (Å²) in [6.07, 6.45) is 1.65. The first-order valence-electron chi connectivity index (χ1n) is 8.55. The van der Waals surface area contributed by atoms with Crippen LogP contribution >= 0.6 is 0 Å². The maximum Gasteiger partial charge on any atom is 0.350 e. The third-order valence-corrected chi connectivity index (χ3v) is 4.22. The van der Waals surface area contributed by atoms with Crippen LogP contribution in [0, 0.1) is 6.92 Å². The summed E-state index contributed by atoms with van der Waals surface area (Å²) in [5, 5.41) is 0. The number of carbonyl (C=O) groups excluding carboxylic acids is 1. The Bertz CT molecular complexity index is 542. The Hall–Kier alpha value is -1.51. The van der Waals surface area contributed by atoms with Gasteiger partial charge in [0.2, 0.25) is 5.60 Å². The number of benzene rings is 1. The SMILES string of the molecule is CCC(C)c1ccc(OC(C)(CC)C(=O)OC(C)(C)C)c(C)c1. The normalized spacial score (nSPS) is 15.7. The number of carbonyl (C=O) groups is 1. The highest BCUT2D eigenvalue weighted by Crippen LogP contribution is 2.30. The van der Waals surface area contributed by atoms with E-state index in [1.165, 1.54) is 5.56 Å². The molecule has 130 valence electrons. The second-order valence-electron chi connectivity index (χ2n) is 7.52. The Morgan fingerprint density at radius 3 is 2.22 bits per heavy atom. The zero-order chi connectivity index (χ0) is 17.8. The predicted octanol–water partition coefficient (Wildman–Crippen LogP) is 5.40. The van der Waals surface area contributed by atoms with E-state index < -0.39 is 11.2 Å². The monoisotopic (exact) mass is 320 g/mol. The van der Waals surface area contributed by atoms with E-state index in [0.29, 0.717) is 12.3 Å². The molecule has 2 atom stereocenters. The van der Waals surface area contributed by atoms with Gasteiger partial charge in [0.25, 0.3) is 0 Å². The highest BCUT2D eigenvalue weighted by molar-refractivity contribution is 5.80. The van der Waals surface area contributed by atoms with Gasteiger partial charge in [0.15, 0.2) is 0 Å². The molecule has 0 heterocycles.